The van der Waals surface area contributed by atoms with Gasteiger partial charge in [0.25, 0.3) is 0 Å². The summed E-state index contributed by atoms with van der Waals surface area (Å²) in [4.78, 5) is 2.50. The number of hydrogen-bond acceptors (Lipinski definition) is 3. The number of aromatic hydroxyl groups is 1. The smallest absolute Gasteiger partial charge is 0.138 e. The highest BCUT2D eigenvalue weighted by atomic mass is 35.5. The van der Waals surface area contributed by atoms with Crippen LogP contribution in [0.5, 0.6) is 5.75 Å². The Morgan fingerprint density at radius 1 is 1.14 bits per heavy atom. The largest absolute Gasteiger partial charge is 0.506 e. The predicted molar refractivity (Wildman–Crippen MR) is 87.2 cm³/mol. The van der Waals surface area contributed by atoms with Crippen molar-refractivity contribution < 1.29 is 5.11 Å². The van der Waals surface area contributed by atoms with Crippen molar-refractivity contribution >= 4 is 23.2 Å². The lowest BCUT2D eigenvalue weighted by Gasteiger charge is -2.30. The molecule has 2 aliphatic rings. The third-order valence-electron chi connectivity index (χ3n) is 4.50. The molecule has 1 aromatic carbocycles. The summed E-state index contributed by atoms with van der Waals surface area (Å²) in [5.74, 6) is 0.931. The average molecular weight is 329 g/mol. The van der Waals surface area contributed by atoms with Gasteiger partial charge in [-0.15, -0.1) is 0 Å². The summed E-state index contributed by atoms with van der Waals surface area (Å²) in [7, 11) is 0. The Kier molecular flexibility index (Phi) is 4.95. The van der Waals surface area contributed by atoms with Crippen LogP contribution in [0.25, 0.3) is 0 Å². The molecule has 2 N–H and O–H groups in total. The summed E-state index contributed by atoms with van der Waals surface area (Å²) in [6.45, 7) is 4.09. The fraction of sp³-hybridized carbons (Fsp3) is 0.625. The molecule has 5 heteroatoms. The van der Waals surface area contributed by atoms with Crippen molar-refractivity contribution in [2.75, 3.05) is 19.6 Å². The van der Waals surface area contributed by atoms with Crippen LogP contribution >= 0.6 is 23.2 Å². The van der Waals surface area contributed by atoms with Gasteiger partial charge in [-0.05, 0) is 56.8 Å². The molecule has 0 aromatic heterocycles. The molecule has 0 radical (unpaired) electrons. The van der Waals surface area contributed by atoms with E-state index in [0.29, 0.717) is 16.1 Å². The number of hydrogen-bond donors (Lipinski definition) is 2. The molecule has 3 nitrogen and oxygen atoms in total. The number of phenolic OH excluding ortho intramolecular Hbond substituents is 1. The Bertz CT molecular complexity index is 499. The molecule has 0 bridgehead atoms. The third kappa shape index (κ3) is 4.04. The van der Waals surface area contributed by atoms with Crippen LogP contribution in [0.3, 0.4) is 0 Å². The van der Waals surface area contributed by atoms with Gasteiger partial charge in [-0.1, -0.05) is 23.2 Å². The minimum atomic E-state index is 0.178. The first-order valence-electron chi connectivity index (χ1n) is 7.75. The van der Waals surface area contributed by atoms with Gasteiger partial charge in [-0.25, -0.2) is 0 Å². The van der Waals surface area contributed by atoms with E-state index in [1.54, 1.807) is 6.07 Å². The minimum absolute atomic E-state index is 0.178. The zero-order chi connectivity index (χ0) is 14.8. The highest BCUT2D eigenvalue weighted by Gasteiger charge is 2.31. The van der Waals surface area contributed by atoms with E-state index in [2.05, 4.69) is 10.2 Å². The van der Waals surface area contributed by atoms with Crippen molar-refractivity contribution in [3.63, 3.8) is 0 Å². The van der Waals surface area contributed by atoms with Gasteiger partial charge < -0.3 is 10.4 Å². The van der Waals surface area contributed by atoms with Gasteiger partial charge >= 0.3 is 0 Å². The van der Waals surface area contributed by atoms with Crippen molar-refractivity contribution in [2.24, 2.45) is 5.92 Å². The number of halogens is 2. The quantitative estimate of drug-likeness (QED) is 0.865. The molecule has 0 atom stereocenters. The summed E-state index contributed by atoms with van der Waals surface area (Å²) >= 11 is 12.1. The molecule has 1 saturated carbocycles. The number of piperidine rings is 1. The van der Waals surface area contributed by atoms with Gasteiger partial charge in [-0.3, -0.25) is 4.90 Å². The van der Waals surface area contributed by atoms with Gasteiger partial charge in [0, 0.05) is 29.7 Å². The topological polar surface area (TPSA) is 35.5 Å². The lowest BCUT2D eigenvalue weighted by molar-refractivity contribution is 0.188. The Labute approximate surface area is 136 Å². The molecule has 3 rings (SSSR count). The van der Waals surface area contributed by atoms with Crippen LogP contribution < -0.4 is 5.32 Å². The van der Waals surface area contributed by atoms with Crippen LogP contribution in [-0.4, -0.2) is 35.7 Å². The van der Waals surface area contributed by atoms with E-state index < -0.39 is 0 Å². The molecule has 1 saturated heterocycles. The maximum atomic E-state index is 10.2. The maximum Gasteiger partial charge on any atom is 0.138 e. The number of rotatable bonds is 5. The molecule has 2 fully saturated rings. The summed E-state index contributed by atoms with van der Waals surface area (Å²) < 4.78 is 0. The normalized spacial score (nSPS) is 20.1. The van der Waals surface area contributed by atoms with E-state index in [1.165, 1.54) is 25.7 Å². The van der Waals surface area contributed by atoms with E-state index in [9.17, 15) is 5.11 Å². The van der Waals surface area contributed by atoms with Gasteiger partial charge in [0.2, 0.25) is 0 Å². The molecular weight excluding hydrogens is 307 g/mol. The SMILES string of the molecule is Oc1c(Cl)cc(Cl)cc1CN(CC1CCNCC1)C1CC1. The van der Waals surface area contributed by atoms with Gasteiger partial charge in [0.15, 0.2) is 0 Å². The molecule has 1 aliphatic carbocycles. The van der Waals surface area contributed by atoms with E-state index >= 15 is 0 Å². The number of nitrogens with one attached hydrogen (secondary N) is 1. The standard InChI is InChI=1S/C16H22Cl2N2O/c17-13-7-12(16(21)15(18)8-13)10-20(14-1-2-14)9-11-3-5-19-6-4-11/h7-8,11,14,19,21H,1-6,9-10H2. The van der Waals surface area contributed by atoms with Crippen molar-refractivity contribution in [1.29, 1.82) is 0 Å². The summed E-state index contributed by atoms with van der Waals surface area (Å²) in [5, 5.41) is 14.5. The van der Waals surface area contributed by atoms with Crippen molar-refractivity contribution in [1.82, 2.24) is 10.2 Å². The van der Waals surface area contributed by atoms with Crippen LogP contribution in [0.4, 0.5) is 0 Å². The second-order valence-electron chi connectivity index (χ2n) is 6.25. The zero-order valence-electron chi connectivity index (χ0n) is 12.1. The maximum absolute atomic E-state index is 10.2. The number of benzene rings is 1. The number of nitrogens with zero attached hydrogens (tertiary/aromatic N) is 1. The molecule has 0 unspecified atom stereocenters. The average Bonchev–Trinajstić information content (AvgIpc) is 3.29. The predicted octanol–water partition coefficient (Wildman–Crippen LogP) is 3.66. The second kappa shape index (κ2) is 6.74. The van der Waals surface area contributed by atoms with Gasteiger partial charge in [0.1, 0.15) is 5.75 Å². The van der Waals surface area contributed by atoms with E-state index in [-0.39, 0.29) is 5.75 Å². The van der Waals surface area contributed by atoms with E-state index in [1.807, 2.05) is 6.07 Å². The lowest BCUT2D eigenvalue weighted by Crippen LogP contribution is -2.37. The van der Waals surface area contributed by atoms with Crippen LogP contribution in [-0.2, 0) is 6.54 Å². The van der Waals surface area contributed by atoms with Gasteiger partial charge in [-0.2, -0.15) is 0 Å². The fourth-order valence-electron chi connectivity index (χ4n) is 3.14. The second-order valence-corrected chi connectivity index (χ2v) is 7.09. The van der Waals surface area contributed by atoms with Crippen LogP contribution in [0, 0.1) is 5.92 Å². The van der Waals surface area contributed by atoms with Gasteiger partial charge in [0.05, 0.1) is 5.02 Å². The first-order valence-corrected chi connectivity index (χ1v) is 8.50. The lowest BCUT2D eigenvalue weighted by atomic mass is 9.97. The third-order valence-corrected chi connectivity index (χ3v) is 5.00. The molecular formula is C16H22Cl2N2O. The molecule has 1 aliphatic heterocycles. The van der Waals surface area contributed by atoms with E-state index in [0.717, 1.165) is 37.7 Å². The highest BCUT2D eigenvalue weighted by molar-refractivity contribution is 6.35. The van der Waals surface area contributed by atoms with E-state index in [4.69, 9.17) is 23.2 Å². The highest BCUT2D eigenvalue weighted by Crippen LogP contribution is 2.35. The Morgan fingerprint density at radius 3 is 2.52 bits per heavy atom. The molecule has 1 heterocycles. The van der Waals surface area contributed by atoms with Crippen molar-refractivity contribution in [3.8, 4) is 5.75 Å². The zero-order valence-corrected chi connectivity index (χ0v) is 13.6. The summed E-state index contributed by atoms with van der Waals surface area (Å²) in [5.41, 5.74) is 0.841. The Balaban J connectivity index is 1.70. The minimum Gasteiger partial charge on any atom is -0.506 e. The number of phenols is 1. The fourth-order valence-corrected chi connectivity index (χ4v) is 3.67. The summed E-state index contributed by atoms with van der Waals surface area (Å²) in [6, 6.07) is 4.09. The van der Waals surface area contributed by atoms with Crippen molar-refractivity contribution in [3.05, 3.63) is 27.7 Å². The molecule has 116 valence electrons. The Morgan fingerprint density at radius 2 is 1.86 bits per heavy atom. The van der Waals surface area contributed by atoms with Crippen LogP contribution in [0.2, 0.25) is 10.0 Å². The molecule has 0 spiro atoms. The van der Waals surface area contributed by atoms with Crippen molar-refractivity contribution in [2.45, 2.75) is 38.3 Å². The first-order chi connectivity index (χ1) is 10.1. The summed E-state index contributed by atoms with van der Waals surface area (Å²) in [6.07, 6.45) is 5.01. The first kappa shape index (κ1) is 15.4. The van der Waals surface area contributed by atoms with Crippen LogP contribution in [0.1, 0.15) is 31.2 Å². The molecule has 0 amide bonds. The monoisotopic (exact) mass is 328 g/mol. The molecule has 21 heavy (non-hydrogen) atoms. The molecule has 1 aromatic rings. The van der Waals surface area contributed by atoms with Crippen LogP contribution in [0.15, 0.2) is 12.1 Å². The Hall–Kier alpha value is -0.480.